The minimum Gasteiger partial charge on any atom is -0.328 e. The number of anilines is 1. The molecule has 0 bridgehead atoms. The van der Waals surface area contributed by atoms with E-state index in [-0.39, 0.29) is 11.7 Å². The Balaban J connectivity index is 2.26. The first-order chi connectivity index (χ1) is 10.9. The number of nitrogens with one attached hydrogen (secondary N) is 1. The molecule has 1 fully saturated rings. The second-order valence-electron chi connectivity index (χ2n) is 7.51. The number of nitrogens with two attached hydrogens (primary N) is 1. The van der Waals surface area contributed by atoms with E-state index in [1.807, 2.05) is 27.7 Å². The standard InChI is InChI=1S/C17H23F2N3O2/c1-16(2)8-11(20)9-17(3,4)22(16)15(24)14(23)21-13-7-10(18)5-6-12(13)19/h5-7,11H,8-9,20H2,1-4H3,(H,21,23). The van der Waals surface area contributed by atoms with E-state index < -0.39 is 34.5 Å². The van der Waals surface area contributed by atoms with Gasteiger partial charge in [0.15, 0.2) is 0 Å². The number of carbonyl (C=O) groups is 2. The van der Waals surface area contributed by atoms with E-state index in [2.05, 4.69) is 5.32 Å². The summed E-state index contributed by atoms with van der Waals surface area (Å²) in [5.74, 6) is -3.31. The second kappa shape index (κ2) is 6.12. The summed E-state index contributed by atoms with van der Waals surface area (Å²) in [6, 6.07) is 2.58. The highest BCUT2D eigenvalue weighted by Gasteiger charge is 2.48. The molecular weight excluding hydrogens is 316 g/mol. The molecule has 2 rings (SSSR count). The van der Waals surface area contributed by atoms with Crippen molar-refractivity contribution in [2.45, 2.75) is 57.7 Å². The van der Waals surface area contributed by atoms with Crippen LogP contribution >= 0.6 is 0 Å². The maximum atomic E-state index is 13.7. The van der Waals surface area contributed by atoms with Crippen LogP contribution in [0.3, 0.4) is 0 Å². The number of carbonyl (C=O) groups excluding carboxylic acids is 2. The first-order valence-corrected chi connectivity index (χ1v) is 7.80. The summed E-state index contributed by atoms with van der Waals surface area (Å²) in [6.45, 7) is 7.34. The third-order valence-corrected chi connectivity index (χ3v) is 4.31. The molecule has 1 aromatic rings. The predicted molar refractivity (Wildman–Crippen MR) is 87.2 cm³/mol. The van der Waals surface area contributed by atoms with Gasteiger partial charge < -0.3 is 16.0 Å². The van der Waals surface area contributed by atoms with Gasteiger partial charge in [0.05, 0.1) is 5.69 Å². The van der Waals surface area contributed by atoms with Gasteiger partial charge in [0, 0.05) is 23.2 Å². The zero-order valence-electron chi connectivity index (χ0n) is 14.3. The van der Waals surface area contributed by atoms with E-state index in [4.69, 9.17) is 5.73 Å². The molecule has 1 aliphatic rings. The largest absolute Gasteiger partial charge is 0.328 e. The van der Waals surface area contributed by atoms with Gasteiger partial charge in [0.1, 0.15) is 11.6 Å². The van der Waals surface area contributed by atoms with E-state index >= 15 is 0 Å². The lowest BCUT2D eigenvalue weighted by Gasteiger charge is -2.54. The van der Waals surface area contributed by atoms with Crippen LogP contribution in [-0.4, -0.2) is 33.8 Å². The minimum absolute atomic E-state index is 0.0808. The normalized spacial score (nSPS) is 19.9. The molecule has 2 amide bonds. The molecule has 1 aliphatic heterocycles. The Hall–Kier alpha value is -2.02. The predicted octanol–water partition coefficient (Wildman–Crippen LogP) is 2.41. The van der Waals surface area contributed by atoms with Crippen LogP contribution < -0.4 is 11.1 Å². The summed E-state index contributed by atoms with van der Waals surface area (Å²) in [5, 5.41) is 2.16. The fourth-order valence-corrected chi connectivity index (χ4v) is 3.78. The number of rotatable bonds is 1. The van der Waals surface area contributed by atoms with E-state index in [0.717, 1.165) is 18.2 Å². The van der Waals surface area contributed by atoms with Gasteiger partial charge in [-0.05, 0) is 52.7 Å². The van der Waals surface area contributed by atoms with Crippen LogP contribution in [0.2, 0.25) is 0 Å². The molecule has 132 valence electrons. The first kappa shape index (κ1) is 18.3. The third kappa shape index (κ3) is 3.56. The fourth-order valence-electron chi connectivity index (χ4n) is 3.78. The van der Waals surface area contributed by atoms with Gasteiger partial charge in [-0.1, -0.05) is 0 Å². The summed E-state index contributed by atoms with van der Waals surface area (Å²) in [5.41, 5.74) is 4.43. The number of likely N-dealkylation sites (tertiary alicyclic amines) is 1. The third-order valence-electron chi connectivity index (χ3n) is 4.31. The maximum Gasteiger partial charge on any atom is 0.314 e. The highest BCUT2D eigenvalue weighted by Crippen LogP contribution is 2.37. The Kier molecular flexibility index (Phi) is 4.68. The molecule has 7 heteroatoms. The van der Waals surface area contributed by atoms with Crippen molar-refractivity contribution >= 4 is 17.5 Å². The minimum atomic E-state index is -1.00. The summed E-state index contributed by atoms with van der Waals surface area (Å²) in [4.78, 5) is 26.5. The Morgan fingerprint density at radius 3 is 2.25 bits per heavy atom. The van der Waals surface area contributed by atoms with Crippen LogP contribution in [0.4, 0.5) is 14.5 Å². The van der Waals surface area contributed by atoms with Crippen molar-refractivity contribution in [1.82, 2.24) is 4.90 Å². The van der Waals surface area contributed by atoms with Crippen molar-refractivity contribution in [1.29, 1.82) is 0 Å². The molecule has 0 spiro atoms. The summed E-state index contributed by atoms with van der Waals surface area (Å²) in [7, 11) is 0. The van der Waals surface area contributed by atoms with Gasteiger partial charge in [-0.3, -0.25) is 9.59 Å². The highest BCUT2D eigenvalue weighted by molar-refractivity contribution is 6.39. The van der Waals surface area contributed by atoms with Crippen molar-refractivity contribution in [3.05, 3.63) is 29.8 Å². The van der Waals surface area contributed by atoms with E-state index in [1.54, 1.807) is 0 Å². The van der Waals surface area contributed by atoms with E-state index in [9.17, 15) is 18.4 Å². The number of nitrogens with zero attached hydrogens (tertiary/aromatic N) is 1. The second-order valence-corrected chi connectivity index (χ2v) is 7.51. The zero-order valence-corrected chi connectivity index (χ0v) is 14.3. The molecule has 0 radical (unpaired) electrons. The Labute approximate surface area is 140 Å². The quantitative estimate of drug-likeness (QED) is 0.772. The van der Waals surface area contributed by atoms with Crippen LogP contribution in [-0.2, 0) is 9.59 Å². The highest BCUT2D eigenvalue weighted by atomic mass is 19.1. The average Bonchev–Trinajstić information content (AvgIpc) is 2.39. The molecule has 24 heavy (non-hydrogen) atoms. The Bertz CT molecular complexity index is 656. The smallest absolute Gasteiger partial charge is 0.314 e. The van der Waals surface area contributed by atoms with Gasteiger partial charge in [0.2, 0.25) is 0 Å². The lowest BCUT2D eigenvalue weighted by molar-refractivity contribution is -0.156. The number of benzene rings is 1. The van der Waals surface area contributed by atoms with Crippen molar-refractivity contribution < 1.29 is 18.4 Å². The van der Waals surface area contributed by atoms with Crippen molar-refractivity contribution in [2.75, 3.05) is 5.32 Å². The molecule has 1 heterocycles. The summed E-state index contributed by atoms with van der Waals surface area (Å²) >= 11 is 0. The molecule has 0 unspecified atom stereocenters. The van der Waals surface area contributed by atoms with Crippen molar-refractivity contribution in [3.8, 4) is 0 Å². The average molecular weight is 339 g/mol. The van der Waals surface area contributed by atoms with Crippen LogP contribution in [0.15, 0.2) is 18.2 Å². The van der Waals surface area contributed by atoms with Gasteiger partial charge in [-0.15, -0.1) is 0 Å². The van der Waals surface area contributed by atoms with E-state index in [0.29, 0.717) is 12.8 Å². The number of hydrogen-bond acceptors (Lipinski definition) is 3. The molecule has 1 aromatic carbocycles. The number of amides is 2. The zero-order chi connectivity index (χ0) is 18.3. The van der Waals surface area contributed by atoms with Gasteiger partial charge in [-0.2, -0.15) is 0 Å². The molecule has 0 aromatic heterocycles. The molecule has 3 N–H and O–H groups in total. The Morgan fingerprint density at radius 2 is 1.71 bits per heavy atom. The molecule has 0 atom stereocenters. The van der Waals surface area contributed by atoms with Crippen LogP contribution in [0.5, 0.6) is 0 Å². The summed E-state index contributed by atoms with van der Waals surface area (Å²) in [6.07, 6.45) is 1.09. The molecular formula is C17H23F2N3O2. The van der Waals surface area contributed by atoms with Gasteiger partial charge in [-0.25, -0.2) is 8.78 Å². The monoisotopic (exact) mass is 339 g/mol. The van der Waals surface area contributed by atoms with Crippen molar-refractivity contribution in [3.63, 3.8) is 0 Å². The van der Waals surface area contributed by atoms with E-state index in [1.165, 1.54) is 4.90 Å². The lowest BCUT2D eigenvalue weighted by atomic mass is 9.77. The maximum absolute atomic E-state index is 13.7. The number of piperidine rings is 1. The Morgan fingerprint density at radius 1 is 1.17 bits per heavy atom. The lowest BCUT2D eigenvalue weighted by Crippen LogP contribution is -2.66. The van der Waals surface area contributed by atoms with Crippen LogP contribution in [0.1, 0.15) is 40.5 Å². The molecule has 0 aliphatic carbocycles. The first-order valence-electron chi connectivity index (χ1n) is 7.80. The number of halogens is 2. The van der Waals surface area contributed by atoms with Crippen LogP contribution in [0, 0.1) is 11.6 Å². The SMILES string of the molecule is CC1(C)CC(N)CC(C)(C)N1C(=O)C(=O)Nc1cc(F)ccc1F. The van der Waals surface area contributed by atoms with Crippen molar-refractivity contribution in [2.24, 2.45) is 5.73 Å². The topological polar surface area (TPSA) is 75.4 Å². The molecule has 0 saturated carbocycles. The van der Waals surface area contributed by atoms with Crippen LogP contribution in [0.25, 0.3) is 0 Å². The number of hydrogen-bond donors (Lipinski definition) is 2. The molecule has 5 nitrogen and oxygen atoms in total. The van der Waals surface area contributed by atoms with Gasteiger partial charge in [0.25, 0.3) is 0 Å². The van der Waals surface area contributed by atoms with Gasteiger partial charge >= 0.3 is 11.8 Å². The fraction of sp³-hybridized carbons (Fsp3) is 0.529. The summed E-state index contributed by atoms with van der Waals surface area (Å²) < 4.78 is 26.9. The molecule has 1 saturated heterocycles.